The Morgan fingerprint density at radius 3 is 2.33 bits per heavy atom. The minimum absolute atomic E-state index is 0.0527. The first-order valence-corrected chi connectivity index (χ1v) is 8.23. The Morgan fingerprint density at radius 2 is 1.71 bits per heavy atom. The lowest BCUT2D eigenvalue weighted by atomic mass is 10.1. The Bertz CT molecular complexity index is 692. The Hall–Kier alpha value is -2.53. The van der Waals surface area contributed by atoms with Gasteiger partial charge in [0.15, 0.2) is 0 Å². The van der Waals surface area contributed by atoms with E-state index >= 15 is 0 Å². The number of hydrogen-bond donors (Lipinski definition) is 2. The number of benzene rings is 2. The van der Waals surface area contributed by atoms with Crippen molar-refractivity contribution in [2.45, 2.75) is 13.5 Å². The fourth-order valence-corrected chi connectivity index (χ4v) is 3.03. The van der Waals surface area contributed by atoms with Crippen LogP contribution in [-0.2, 0) is 11.3 Å². The summed E-state index contributed by atoms with van der Waals surface area (Å²) in [5.41, 5.74) is 2.98. The average Bonchev–Trinajstić information content (AvgIpc) is 2.58. The van der Waals surface area contributed by atoms with Crippen LogP contribution >= 0.6 is 0 Å². The van der Waals surface area contributed by atoms with Gasteiger partial charge in [-0.15, -0.1) is 0 Å². The number of hydrogen-bond acceptors (Lipinski definition) is 4. The van der Waals surface area contributed by atoms with Crippen molar-refractivity contribution in [2.75, 3.05) is 36.4 Å². The van der Waals surface area contributed by atoms with Crippen LogP contribution < -0.4 is 10.2 Å². The van der Waals surface area contributed by atoms with E-state index in [0.717, 1.165) is 44.1 Å². The number of phenolic OH excluding ortho intramolecular Hbond substituents is 1. The number of phenols is 1. The van der Waals surface area contributed by atoms with Gasteiger partial charge >= 0.3 is 0 Å². The molecular formula is C19H23N3O2. The molecule has 1 saturated heterocycles. The van der Waals surface area contributed by atoms with Crippen LogP contribution in [0.25, 0.3) is 0 Å². The number of anilines is 2. The van der Waals surface area contributed by atoms with Gasteiger partial charge in [-0.3, -0.25) is 9.69 Å². The minimum Gasteiger partial charge on any atom is -0.506 e. The molecule has 5 nitrogen and oxygen atoms in total. The molecule has 2 N–H and O–H groups in total. The molecule has 2 aromatic carbocycles. The maximum atomic E-state index is 11.0. The van der Waals surface area contributed by atoms with Gasteiger partial charge in [-0.05, 0) is 29.8 Å². The number of amides is 1. The fourth-order valence-electron chi connectivity index (χ4n) is 3.03. The molecule has 24 heavy (non-hydrogen) atoms. The minimum atomic E-state index is -0.0527. The summed E-state index contributed by atoms with van der Waals surface area (Å²) in [6.07, 6.45) is 0. The largest absolute Gasteiger partial charge is 0.506 e. The van der Waals surface area contributed by atoms with Crippen molar-refractivity contribution in [3.05, 3.63) is 54.1 Å². The van der Waals surface area contributed by atoms with Crippen LogP contribution in [0.15, 0.2) is 48.5 Å². The first-order chi connectivity index (χ1) is 11.6. The molecule has 0 bridgehead atoms. The number of nitrogens with one attached hydrogen (secondary N) is 1. The molecular weight excluding hydrogens is 302 g/mol. The first kappa shape index (κ1) is 16.3. The number of carbonyl (C=O) groups is 1. The highest BCUT2D eigenvalue weighted by atomic mass is 16.3. The molecule has 0 unspecified atom stereocenters. The summed E-state index contributed by atoms with van der Waals surface area (Å²) in [6.45, 7) is 6.14. The number of rotatable bonds is 4. The zero-order valence-electron chi connectivity index (χ0n) is 13.9. The second kappa shape index (κ2) is 7.36. The summed E-state index contributed by atoms with van der Waals surface area (Å²) in [4.78, 5) is 15.7. The third-order valence-electron chi connectivity index (χ3n) is 4.28. The highest BCUT2D eigenvalue weighted by molar-refractivity contribution is 5.88. The van der Waals surface area contributed by atoms with Crippen molar-refractivity contribution >= 4 is 17.3 Å². The lowest BCUT2D eigenvalue weighted by Gasteiger charge is -2.36. The summed E-state index contributed by atoms with van der Waals surface area (Å²) < 4.78 is 0. The number of piperazine rings is 1. The fraction of sp³-hybridized carbons (Fsp3) is 0.316. The molecule has 1 aliphatic heterocycles. The molecule has 0 spiro atoms. The molecule has 5 heteroatoms. The summed E-state index contributed by atoms with van der Waals surface area (Å²) in [5.74, 6) is 0.294. The smallest absolute Gasteiger partial charge is 0.221 e. The summed E-state index contributed by atoms with van der Waals surface area (Å²) in [5, 5.41) is 12.7. The summed E-state index contributed by atoms with van der Waals surface area (Å²) in [6, 6.07) is 15.5. The molecule has 1 fully saturated rings. The third-order valence-corrected chi connectivity index (χ3v) is 4.28. The van der Waals surface area contributed by atoms with E-state index in [2.05, 4.69) is 27.2 Å². The first-order valence-electron chi connectivity index (χ1n) is 8.23. The molecule has 2 aromatic rings. The molecule has 0 aliphatic carbocycles. The third kappa shape index (κ3) is 4.06. The monoisotopic (exact) mass is 325 g/mol. The van der Waals surface area contributed by atoms with E-state index in [0.29, 0.717) is 5.75 Å². The van der Waals surface area contributed by atoms with Gasteiger partial charge in [0.2, 0.25) is 5.91 Å². The second-order valence-electron chi connectivity index (χ2n) is 6.13. The van der Waals surface area contributed by atoms with Crippen LogP contribution in [0.3, 0.4) is 0 Å². The Morgan fingerprint density at radius 1 is 1.04 bits per heavy atom. The standard InChI is InChI=1S/C19H23N3O2/c1-15(23)20-17-8-6-16(7-9-17)14-21-10-12-22(13-11-21)18-4-2-3-5-19(18)24/h2-9,24H,10-14H2,1H3,(H,20,23). The molecule has 1 amide bonds. The van der Waals surface area contributed by atoms with Crippen molar-refractivity contribution in [3.63, 3.8) is 0 Å². The van der Waals surface area contributed by atoms with Gasteiger partial charge in [-0.1, -0.05) is 24.3 Å². The Balaban J connectivity index is 1.54. The summed E-state index contributed by atoms with van der Waals surface area (Å²) >= 11 is 0. The quantitative estimate of drug-likeness (QED) is 0.907. The maximum absolute atomic E-state index is 11.0. The van der Waals surface area contributed by atoms with Gasteiger partial charge in [0, 0.05) is 45.3 Å². The Kier molecular flexibility index (Phi) is 5.01. The van der Waals surface area contributed by atoms with Gasteiger partial charge in [0.25, 0.3) is 0 Å². The number of nitrogens with zero attached hydrogens (tertiary/aromatic N) is 2. The van der Waals surface area contributed by atoms with Crippen LogP contribution in [0.4, 0.5) is 11.4 Å². The zero-order valence-corrected chi connectivity index (χ0v) is 13.9. The zero-order chi connectivity index (χ0) is 16.9. The summed E-state index contributed by atoms with van der Waals surface area (Å²) in [7, 11) is 0. The normalized spacial score (nSPS) is 15.3. The molecule has 1 heterocycles. The number of aromatic hydroxyl groups is 1. The highest BCUT2D eigenvalue weighted by Gasteiger charge is 2.19. The van der Waals surface area contributed by atoms with E-state index in [1.807, 2.05) is 30.3 Å². The molecule has 3 rings (SSSR count). The van der Waals surface area contributed by atoms with E-state index in [1.54, 1.807) is 6.07 Å². The van der Waals surface area contributed by atoms with Gasteiger partial charge in [0.1, 0.15) is 5.75 Å². The predicted octanol–water partition coefficient (Wildman–Crippen LogP) is 2.67. The van der Waals surface area contributed by atoms with E-state index in [-0.39, 0.29) is 5.91 Å². The molecule has 0 aromatic heterocycles. The average molecular weight is 325 g/mol. The van der Waals surface area contributed by atoms with Crippen LogP contribution in [0, 0.1) is 0 Å². The van der Waals surface area contributed by atoms with Gasteiger partial charge in [-0.2, -0.15) is 0 Å². The molecule has 0 atom stereocenters. The van der Waals surface area contributed by atoms with E-state index < -0.39 is 0 Å². The number of carbonyl (C=O) groups excluding carboxylic acids is 1. The van der Waals surface area contributed by atoms with Crippen molar-refractivity contribution in [2.24, 2.45) is 0 Å². The molecule has 0 radical (unpaired) electrons. The van der Waals surface area contributed by atoms with Gasteiger partial charge in [-0.25, -0.2) is 0 Å². The number of para-hydroxylation sites is 2. The maximum Gasteiger partial charge on any atom is 0.221 e. The van der Waals surface area contributed by atoms with Crippen molar-refractivity contribution in [1.29, 1.82) is 0 Å². The van der Waals surface area contributed by atoms with Gasteiger partial charge < -0.3 is 15.3 Å². The van der Waals surface area contributed by atoms with Crippen LogP contribution in [-0.4, -0.2) is 42.1 Å². The van der Waals surface area contributed by atoms with Crippen molar-refractivity contribution in [1.82, 2.24) is 4.90 Å². The lowest BCUT2D eigenvalue weighted by molar-refractivity contribution is -0.114. The van der Waals surface area contributed by atoms with E-state index in [1.165, 1.54) is 12.5 Å². The highest BCUT2D eigenvalue weighted by Crippen LogP contribution is 2.27. The lowest BCUT2D eigenvalue weighted by Crippen LogP contribution is -2.45. The topological polar surface area (TPSA) is 55.8 Å². The SMILES string of the molecule is CC(=O)Nc1ccc(CN2CCN(c3ccccc3O)CC2)cc1. The van der Waals surface area contributed by atoms with E-state index in [9.17, 15) is 9.90 Å². The van der Waals surface area contributed by atoms with E-state index in [4.69, 9.17) is 0 Å². The van der Waals surface area contributed by atoms with Gasteiger partial charge in [0.05, 0.1) is 5.69 Å². The van der Waals surface area contributed by atoms with Crippen LogP contribution in [0.2, 0.25) is 0 Å². The molecule has 0 saturated carbocycles. The van der Waals surface area contributed by atoms with Crippen LogP contribution in [0.1, 0.15) is 12.5 Å². The second-order valence-corrected chi connectivity index (χ2v) is 6.13. The molecule has 126 valence electrons. The predicted molar refractivity (Wildman–Crippen MR) is 96.3 cm³/mol. The molecule has 1 aliphatic rings. The van der Waals surface area contributed by atoms with Crippen molar-refractivity contribution < 1.29 is 9.90 Å². The Labute approximate surface area is 142 Å². The van der Waals surface area contributed by atoms with Crippen molar-refractivity contribution in [3.8, 4) is 5.75 Å². The van der Waals surface area contributed by atoms with Crippen LogP contribution in [0.5, 0.6) is 5.75 Å².